The van der Waals surface area contributed by atoms with Crippen molar-refractivity contribution < 1.29 is 38.0 Å². The van der Waals surface area contributed by atoms with Gasteiger partial charge < -0.3 is 28.4 Å². The van der Waals surface area contributed by atoms with Crippen LogP contribution in [0.25, 0.3) is 0 Å². The molecular weight excluding hydrogens is 464 g/mol. The Labute approximate surface area is 211 Å². The van der Waals surface area contributed by atoms with Crippen LogP contribution in [0.1, 0.15) is 60.7 Å². The molecule has 0 aliphatic carbocycles. The van der Waals surface area contributed by atoms with Crippen LogP contribution in [0.15, 0.2) is 60.7 Å². The van der Waals surface area contributed by atoms with Gasteiger partial charge in [0.1, 0.15) is 24.9 Å². The van der Waals surface area contributed by atoms with E-state index in [9.17, 15) is 9.59 Å². The third-order valence-corrected chi connectivity index (χ3v) is 6.08. The maximum absolute atomic E-state index is 12.8. The molecule has 36 heavy (non-hydrogen) atoms. The number of ether oxygens (including phenoxy) is 6. The average Bonchev–Trinajstić information content (AvgIpc) is 3.34. The van der Waals surface area contributed by atoms with E-state index >= 15 is 0 Å². The van der Waals surface area contributed by atoms with Gasteiger partial charge in [0.25, 0.3) is 0 Å². The molecular formula is C28H34O8. The van der Waals surface area contributed by atoms with E-state index in [4.69, 9.17) is 28.4 Å². The monoisotopic (exact) mass is 498 g/mol. The third kappa shape index (κ3) is 6.70. The van der Waals surface area contributed by atoms with Crippen LogP contribution < -0.4 is 0 Å². The lowest BCUT2D eigenvalue weighted by Gasteiger charge is -2.28. The summed E-state index contributed by atoms with van der Waals surface area (Å²) in [4.78, 5) is 25.4. The Morgan fingerprint density at radius 2 is 1.58 bits per heavy atom. The molecule has 4 unspecified atom stereocenters. The van der Waals surface area contributed by atoms with Crippen LogP contribution in [-0.2, 0) is 28.4 Å². The fourth-order valence-electron chi connectivity index (χ4n) is 4.33. The molecule has 0 spiro atoms. The summed E-state index contributed by atoms with van der Waals surface area (Å²) in [5.41, 5.74) is 0.826. The zero-order chi connectivity index (χ0) is 25.5. The summed E-state index contributed by atoms with van der Waals surface area (Å²) in [5, 5.41) is 0. The van der Waals surface area contributed by atoms with Crippen molar-refractivity contribution in [3.63, 3.8) is 0 Å². The van der Waals surface area contributed by atoms with E-state index in [-0.39, 0.29) is 13.0 Å². The Hall–Kier alpha value is -2.78. The molecule has 8 heteroatoms. The van der Waals surface area contributed by atoms with Gasteiger partial charge in [-0.05, 0) is 44.5 Å². The van der Waals surface area contributed by atoms with Gasteiger partial charge in [-0.25, -0.2) is 9.59 Å². The van der Waals surface area contributed by atoms with Gasteiger partial charge in [0, 0.05) is 13.0 Å². The van der Waals surface area contributed by atoms with Crippen LogP contribution in [0, 0.1) is 0 Å². The molecule has 2 saturated heterocycles. The van der Waals surface area contributed by atoms with Crippen molar-refractivity contribution in [2.45, 2.75) is 76.5 Å². The maximum Gasteiger partial charge on any atom is 0.338 e. The van der Waals surface area contributed by atoms with Gasteiger partial charge in [0.15, 0.2) is 12.1 Å². The fraction of sp³-hybridized carbons (Fsp3) is 0.500. The highest BCUT2D eigenvalue weighted by atomic mass is 16.8. The minimum atomic E-state index is -0.781. The van der Waals surface area contributed by atoms with Gasteiger partial charge in [0.2, 0.25) is 0 Å². The third-order valence-electron chi connectivity index (χ3n) is 6.08. The van der Waals surface area contributed by atoms with Crippen LogP contribution in [-0.4, -0.2) is 61.6 Å². The van der Waals surface area contributed by atoms with Crippen LogP contribution >= 0.6 is 0 Å². The van der Waals surface area contributed by atoms with Gasteiger partial charge in [0.05, 0.1) is 17.2 Å². The lowest BCUT2D eigenvalue weighted by atomic mass is 10.0. The molecule has 0 amide bonds. The first-order valence-corrected chi connectivity index (χ1v) is 12.5. The summed E-state index contributed by atoms with van der Waals surface area (Å²) >= 11 is 0. The SMILES string of the molecule is CCCCOC1C2OC(C)(C)OC2O[C@@H]1CC(COC(=O)c1ccccc1)OC(=O)c1ccccc1. The number of fused-ring (bicyclic) bond motifs is 1. The number of carbonyl (C=O) groups is 2. The minimum Gasteiger partial charge on any atom is -0.458 e. The molecule has 194 valence electrons. The minimum absolute atomic E-state index is 0.129. The molecule has 2 aromatic carbocycles. The van der Waals surface area contributed by atoms with E-state index in [1.54, 1.807) is 48.5 Å². The molecule has 2 heterocycles. The Kier molecular flexibility index (Phi) is 8.74. The van der Waals surface area contributed by atoms with Crippen LogP contribution in [0.3, 0.4) is 0 Å². The molecule has 2 aliphatic rings. The van der Waals surface area contributed by atoms with Gasteiger partial charge in [-0.15, -0.1) is 0 Å². The van der Waals surface area contributed by atoms with Gasteiger partial charge in [-0.1, -0.05) is 49.7 Å². The number of carbonyl (C=O) groups excluding carboxylic acids is 2. The normalized spacial score (nSPS) is 25.2. The van der Waals surface area contributed by atoms with Crippen molar-refractivity contribution in [3.8, 4) is 0 Å². The molecule has 4 rings (SSSR count). The van der Waals surface area contributed by atoms with Crippen molar-refractivity contribution in [1.82, 2.24) is 0 Å². The summed E-state index contributed by atoms with van der Waals surface area (Å²) in [6.07, 6.45) is -0.512. The summed E-state index contributed by atoms with van der Waals surface area (Å²) in [6, 6.07) is 17.4. The second-order valence-corrected chi connectivity index (χ2v) is 9.43. The topological polar surface area (TPSA) is 89.5 Å². The first kappa shape index (κ1) is 26.3. The van der Waals surface area contributed by atoms with Crippen molar-refractivity contribution >= 4 is 11.9 Å². The quantitative estimate of drug-likeness (QED) is 0.330. The summed E-state index contributed by atoms with van der Waals surface area (Å²) in [5.74, 6) is -1.78. The van der Waals surface area contributed by atoms with E-state index in [0.717, 1.165) is 12.8 Å². The number of esters is 2. The number of rotatable bonds is 11. The van der Waals surface area contributed by atoms with Gasteiger partial charge in [-0.3, -0.25) is 0 Å². The van der Waals surface area contributed by atoms with Gasteiger partial charge >= 0.3 is 11.9 Å². The zero-order valence-corrected chi connectivity index (χ0v) is 21.0. The molecule has 8 nitrogen and oxygen atoms in total. The first-order valence-electron chi connectivity index (χ1n) is 12.5. The average molecular weight is 499 g/mol. The zero-order valence-electron chi connectivity index (χ0n) is 21.0. The summed E-state index contributed by atoms with van der Waals surface area (Å²) < 4.78 is 35.6. The first-order chi connectivity index (χ1) is 17.4. The highest BCUT2D eigenvalue weighted by molar-refractivity contribution is 5.90. The highest BCUT2D eigenvalue weighted by Crippen LogP contribution is 2.40. The lowest BCUT2D eigenvalue weighted by molar-refractivity contribution is -0.221. The molecule has 5 atom stereocenters. The summed E-state index contributed by atoms with van der Waals surface area (Å²) in [7, 11) is 0. The van der Waals surface area contributed by atoms with Crippen molar-refractivity contribution in [2.75, 3.05) is 13.2 Å². The van der Waals surface area contributed by atoms with E-state index < -0.39 is 48.4 Å². The molecule has 0 radical (unpaired) electrons. The fourth-order valence-corrected chi connectivity index (χ4v) is 4.33. The van der Waals surface area contributed by atoms with E-state index in [2.05, 4.69) is 6.92 Å². The Bertz CT molecular complexity index is 993. The molecule has 2 aromatic rings. The Balaban J connectivity index is 1.47. The van der Waals surface area contributed by atoms with Crippen molar-refractivity contribution in [1.29, 1.82) is 0 Å². The molecule has 0 aromatic heterocycles. The number of benzene rings is 2. The number of hydrogen-bond donors (Lipinski definition) is 0. The smallest absolute Gasteiger partial charge is 0.338 e. The molecule has 0 saturated carbocycles. The van der Waals surface area contributed by atoms with Crippen molar-refractivity contribution in [3.05, 3.63) is 71.8 Å². The standard InChI is InChI=1S/C28H34O8/c1-4-5-16-31-23-22(34-27-24(23)35-28(2,3)36-27)17-21(33-26(30)20-14-10-7-11-15-20)18-32-25(29)19-12-8-6-9-13-19/h6-15,21-24,27H,4-5,16-18H2,1-3H3/t21?,22-,23?,24?,27?/m1/s1. The van der Waals surface area contributed by atoms with Crippen molar-refractivity contribution in [2.24, 2.45) is 0 Å². The molecule has 0 N–H and O–H groups in total. The highest BCUT2D eigenvalue weighted by Gasteiger charge is 2.55. The molecule has 2 fully saturated rings. The van der Waals surface area contributed by atoms with Crippen LogP contribution in [0.4, 0.5) is 0 Å². The molecule has 0 bridgehead atoms. The van der Waals surface area contributed by atoms with Crippen LogP contribution in [0.5, 0.6) is 0 Å². The predicted octanol–water partition coefficient (Wildman–Crippen LogP) is 4.52. The predicted molar refractivity (Wildman–Crippen MR) is 130 cm³/mol. The summed E-state index contributed by atoms with van der Waals surface area (Å²) in [6.45, 7) is 6.18. The second kappa shape index (κ2) is 12.0. The van der Waals surface area contributed by atoms with E-state index in [1.807, 2.05) is 26.0 Å². The molecule has 2 aliphatic heterocycles. The Morgan fingerprint density at radius 1 is 0.944 bits per heavy atom. The second-order valence-electron chi connectivity index (χ2n) is 9.43. The number of unbranched alkanes of at least 4 members (excludes halogenated alkanes) is 1. The van der Waals surface area contributed by atoms with E-state index in [0.29, 0.717) is 17.7 Å². The van der Waals surface area contributed by atoms with Crippen LogP contribution in [0.2, 0.25) is 0 Å². The van der Waals surface area contributed by atoms with E-state index in [1.165, 1.54) is 0 Å². The maximum atomic E-state index is 12.8. The largest absolute Gasteiger partial charge is 0.458 e. The Morgan fingerprint density at radius 3 is 2.22 bits per heavy atom. The van der Waals surface area contributed by atoms with Gasteiger partial charge in [-0.2, -0.15) is 0 Å². The lowest BCUT2D eigenvalue weighted by Crippen LogP contribution is -2.40. The number of hydrogen-bond acceptors (Lipinski definition) is 8.